The molecule has 2 fully saturated rings. The van der Waals surface area contributed by atoms with Crippen molar-refractivity contribution >= 4 is 22.9 Å². The fraction of sp³-hybridized carbons (Fsp3) is 0.667. The predicted octanol–water partition coefficient (Wildman–Crippen LogP) is -0.990. The Balaban J connectivity index is 1.75. The molecule has 2 aromatic heterocycles. The van der Waals surface area contributed by atoms with Crippen LogP contribution in [0.4, 0.5) is 11.8 Å². The van der Waals surface area contributed by atoms with Crippen molar-refractivity contribution in [2.75, 3.05) is 30.3 Å². The molecule has 0 spiro atoms. The van der Waals surface area contributed by atoms with Gasteiger partial charge in [0.05, 0.1) is 12.9 Å². The molecule has 2 saturated heterocycles. The molecule has 2 aliphatic heterocycles. The van der Waals surface area contributed by atoms with Crippen LogP contribution in [0.15, 0.2) is 6.33 Å². The Kier molecular flexibility index (Phi) is 4.20. The fourth-order valence-electron chi connectivity index (χ4n) is 3.54. The summed E-state index contributed by atoms with van der Waals surface area (Å²) in [5.41, 5.74) is 6.90. The van der Waals surface area contributed by atoms with E-state index in [4.69, 9.17) is 10.5 Å². The molecule has 25 heavy (non-hydrogen) atoms. The molecule has 0 radical (unpaired) electrons. The van der Waals surface area contributed by atoms with Crippen molar-refractivity contribution in [3.05, 3.63) is 6.33 Å². The first kappa shape index (κ1) is 16.5. The van der Waals surface area contributed by atoms with E-state index in [2.05, 4.69) is 19.9 Å². The number of rotatable bonds is 3. The molecule has 10 heteroatoms. The Morgan fingerprint density at radius 2 is 1.92 bits per heavy atom. The first-order valence-corrected chi connectivity index (χ1v) is 8.47. The van der Waals surface area contributed by atoms with Crippen molar-refractivity contribution in [3.63, 3.8) is 0 Å². The summed E-state index contributed by atoms with van der Waals surface area (Å²) >= 11 is 0. The van der Waals surface area contributed by atoms with E-state index >= 15 is 0 Å². The molecule has 0 bridgehead atoms. The van der Waals surface area contributed by atoms with Gasteiger partial charge >= 0.3 is 0 Å². The molecular weight excluding hydrogens is 328 g/mol. The molecular formula is C15H22N6O4. The Hall–Kier alpha value is -2.01. The van der Waals surface area contributed by atoms with Gasteiger partial charge in [-0.15, -0.1) is 0 Å². The minimum atomic E-state index is -1.20. The molecule has 0 unspecified atom stereocenters. The third-order valence-electron chi connectivity index (χ3n) is 4.87. The molecule has 0 amide bonds. The smallest absolute Gasteiger partial charge is 0.224 e. The maximum absolute atomic E-state index is 10.3. The Bertz CT molecular complexity index is 762. The van der Waals surface area contributed by atoms with Crippen molar-refractivity contribution in [3.8, 4) is 0 Å². The number of hydrogen-bond acceptors (Lipinski definition) is 9. The van der Waals surface area contributed by atoms with E-state index < -0.39 is 31.1 Å². The first-order valence-electron chi connectivity index (χ1n) is 8.47. The normalized spacial score (nSPS) is 30.3. The van der Waals surface area contributed by atoms with E-state index in [1.165, 1.54) is 17.3 Å². The zero-order chi connectivity index (χ0) is 17.6. The van der Waals surface area contributed by atoms with Gasteiger partial charge in [0, 0.05) is 13.1 Å². The highest BCUT2D eigenvalue weighted by Gasteiger charge is 2.44. The van der Waals surface area contributed by atoms with E-state index in [1.807, 2.05) is 0 Å². The van der Waals surface area contributed by atoms with E-state index in [0.717, 1.165) is 25.9 Å². The third-order valence-corrected chi connectivity index (χ3v) is 4.87. The summed E-state index contributed by atoms with van der Waals surface area (Å²) in [4.78, 5) is 15.1. The lowest BCUT2D eigenvalue weighted by atomic mass is 10.1. The molecule has 5 N–H and O–H groups in total. The van der Waals surface area contributed by atoms with Crippen LogP contribution < -0.4 is 10.6 Å². The van der Waals surface area contributed by atoms with Gasteiger partial charge in [-0.1, -0.05) is 0 Å². The van der Waals surface area contributed by atoms with Gasteiger partial charge in [0.2, 0.25) is 5.95 Å². The summed E-state index contributed by atoms with van der Waals surface area (Å²) in [6.07, 6.45) is 0.697. The third kappa shape index (κ3) is 2.71. The van der Waals surface area contributed by atoms with Gasteiger partial charge in [0.15, 0.2) is 23.2 Å². The summed E-state index contributed by atoms with van der Waals surface area (Å²) < 4.78 is 7.10. The van der Waals surface area contributed by atoms with Crippen LogP contribution in [0.1, 0.15) is 25.5 Å². The van der Waals surface area contributed by atoms with E-state index in [9.17, 15) is 15.3 Å². The number of anilines is 2. The summed E-state index contributed by atoms with van der Waals surface area (Å²) in [6.45, 7) is 1.37. The number of nitrogens with two attached hydrogens (primary N) is 1. The minimum Gasteiger partial charge on any atom is -0.394 e. The van der Waals surface area contributed by atoms with Crippen LogP contribution in [-0.2, 0) is 4.74 Å². The Labute approximate surface area is 143 Å². The molecule has 2 aliphatic rings. The summed E-state index contributed by atoms with van der Waals surface area (Å²) in [5, 5.41) is 29.5. The lowest BCUT2D eigenvalue weighted by Crippen LogP contribution is -2.33. The molecule has 2 aromatic rings. The second kappa shape index (κ2) is 6.37. The zero-order valence-electron chi connectivity index (χ0n) is 13.7. The average molecular weight is 350 g/mol. The molecule has 136 valence electrons. The number of ether oxygens (including phenoxy) is 1. The fourth-order valence-corrected chi connectivity index (χ4v) is 3.54. The summed E-state index contributed by atoms with van der Waals surface area (Å²) in [6, 6.07) is 0. The number of piperidine rings is 1. The number of aliphatic hydroxyl groups is 3. The van der Waals surface area contributed by atoms with Crippen LogP contribution in [0, 0.1) is 0 Å². The number of aromatic nitrogens is 4. The number of nitrogen functional groups attached to an aromatic ring is 1. The molecule has 0 aromatic carbocycles. The highest BCUT2D eigenvalue weighted by molar-refractivity contribution is 5.84. The first-order chi connectivity index (χ1) is 12.1. The van der Waals surface area contributed by atoms with Gasteiger partial charge in [-0.25, -0.2) is 4.98 Å². The molecule has 0 saturated carbocycles. The van der Waals surface area contributed by atoms with Gasteiger partial charge in [-0.05, 0) is 19.3 Å². The van der Waals surface area contributed by atoms with Crippen LogP contribution in [0.3, 0.4) is 0 Å². The molecule has 10 nitrogen and oxygen atoms in total. The number of aliphatic hydroxyl groups excluding tert-OH is 3. The van der Waals surface area contributed by atoms with Crippen molar-refractivity contribution in [2.45, 2.75) is 43.8 Å². The van der Waals surface area contributed by atoms with Crippen LogP contribution in [0.2, 0.25) is 0 Å². The van der Waals surface area contributed by atoms with Crippen LogP contribution in [0.5, 0.6) is 0 Å². The minimum absolute atomic E-state index is 0.113. The lowest BCUT2D eigenvalue weighted by molar-refractivity contribution is -0.0511. The molecule has 4 atom stereocenters. The lowest BCUT2D eigenvalue weighted by Gasteiger charge is -2.27. The maximum atomic E-state index is 10.3. The molecule has 4 rings (SSSR count). The van der Waals surface area contributed by atoms with Crippen molar-refractivity contribution in [1.82, 2.24) is 19.5 Å². The van der Waals surface area contributed by atoms with E-state index in [0.29, 0.717) is 17.0 Å². The summed E-state index contributed by atoms with van der Waals surface area (Å²) in [7, 11) is 0. The van der Waals surface area contributed by atoms with E-state index in [-0.39, 0.29) is 5.95 Å². The predicted molar refractivity (Wildman–Crippen MR) is 88.8 cm³/mol. The van der Waals surface area contributed by atoms with E-state index in [1.54, 1.807) is 0 Å². The monoisotopic (exact) mass is 350 g/mol. The highest BCUT2D eigenvalue weighted by atomic mass is 16.6. The van der Waals surface area contributed by atoms with Gasteiger partial charge in [-0.3, -0.25) is 4.57 Å². The van der Waals surface area contributed by atoms with Crippen LogP contribution in [-0.4, -0.2) is 72.8 Å². The van der Waals surface area contributed by atoms with Crippen molar-refractivity contribution < 1.29 is 20.1 Å². The molecule has 0 aliphatic carbocycles. The van der Waals surface area contributed by atoms with Gasteiger partial charge < -0.3 is 30.7 Å². The van der Waals surface area contributed by atoms with Crippen molar-refractivity contribution in [2.24, 2.45) is 0 Å². The maximum Gasteiger partial charge on any atom is 0.224 e. The Morgan fingerprint density at radius 3 is 2.60 bits per heavy atom. The Morgan fingerprint density at radius 1 is 1.16 bits per heavy atom. The van der Waals surface area contributed by atoms with Gasteiger partial charge in [0.1, 0.15) is 18.3 Å². The largest absolute Gasteiger partial charge is 0.394 e. The summed E-state index contributed by atoms with van der Waals surface area (Å²) in [5.74, 6) is 0.786. The van der Waals surface area contributed by atoms with Gasteiger partial charge in [-0.2, -0.15) is 9.97 Å². The van der Waals surface area contributed by atoms with Crippen LogP contribution >= 0.6 is 0 Å². The number of hydrogen-bond donors (Lipinski definition) is 4. The van der Waals surface area contributed by atoms with Gasteiger partial charge in [0.25, 0.3) is 0 Å². The average Bonchev–Trinajstić information content (AvgIpc) is 3.16. The zero-order valence-corrected chi connectivity index (χ0v) is 13.7. The number of nitrogens with zero attached hydrogens (tertiary/aromatic N) is 5. The topological polar surface area (TPSA) is 143 Å². The standard InChI is InChI=1S/C15H22N6O4/c16-15-18-12(20-4-2-1-3-5-20)9-13(19-15)21(7-17-9)14-11(24)10(23)8(6-22)25-14/h7-8,10-11,14,22-24H,1-6H2,(H2,16,18,19)/t8-,10+,11-,14-/m0/s1. The van der Waals surface area contributed by atoms with Crippen LogP contribution in [0.25, 0.3) is 11.2 Å². The SMILES string of the molecule is Nc1nc(N2CCCCC2)c2ncn([C@H]3O[C@@H](CO)[C@@H](O)[C@@H]3O)c2n1. The number of fused-ring (bicyclic) bond motifs is 1. The quantitative estimate of drug-likeness (QED) is 0.548. The highest BCUT2D eigenvalue weighted by Crippen LogP contribution is 2.33. The second-order valence-electron chi connectivity index (χ2n) is 6.51. The van der Waals surface area contributed by atoms with Crippen molar-refractivity contribution in [1.29, 1.82) is 0 Å². The number of imidazole rings is 1. The molecule has 4 heterocycles. The second-order valence-corrected chi connectivity index (χ2v) is 6.51.